The first kappa shape index (κ1) is 18.0. The maximum Gasteiger partial charge on any atom is 0.227 e. The van der Waals surface area contributed by atoms with Crippen LogP contribution in [0.4, 0.5) is 10.1 Å². The number of carbonyl (C=O) groups excluding carboxylic acids is 1. The molecule has 2 aliphatic heterocycles. The van der Waals surface area contributed by atoms with Gasteiger partial charge in [-0.25, -0.2) is 4.39 Å². The van der Waals surface area contributed by atoms with Crippen molar-refractivity contribution in [3.05, 3.63) is 30.1 Å². The summed E-state index contributed by atoms with van der Waals surface area (Å²) in [7, 11) is 0. The highest BCUT2D eigenvalue weighted by Crippen LogP contribution is 2.22. The molecule has 1 N–H and O–H groups in total. The Balaban J connectivity index is 0.00000192. The molecule has 0 saturated carbocycles. The molecule has 0 aromatic heterocycles. The summed E-state index contributed by atoms with van der Waals surface area (Å²) in [5, 5.41) is 3.40. The molecule has 2 unspecified atom stereocenters. The van der Waals surface area contributed by atoms with Crippen LogP contribution in [0, 0.1) is 11.7 Å². The smallest absolute Gasteiger partial charge is 0.227 e. The number of hydrogen-bond donors (Lipinski definition) is 1. The molecule has 0 bridgehead atoms. The third-order valence-corrected chi connectivity index (χ3v) is 4.86. The Morgan fingerprint density at radius 2 is 1.83 bits per heavy atom. The third-order valence-electron chi connectivity index (χ3n) is 4.86. The lowest BCUT2D eigenvalue weighted by Gasteiger charge is -2.39. The van der Waals surface area contributed by atoms with Gasteiger partial charge in [-0.2, -0.15) is 0 Å². The summed E-state index contributed by atoms with van der Waals surface area (Å²) in [6, 6.07) is 6.86. The van der Waals surface area contributed by atoms with Crippen molar-refractivity contribution in [2.75, 3.05) is 37.6 Å². The van der Waals surface area contributed by atoms with Crippen molar-refractivity contribution in [1.82, 2.24) is 10.2 Å². The van der Waals surface area contributed by atoms with Gasteiger partial charge in [0.15, 0.2) is 0 Å². The number of benzene rings is 1. The van der Waals surface area contributed by atoms with Crippen LogP contribution in [0.1, 0.15) is 19.8 Å². The molecule has 4 nitrogen and oxygen atoms in total. The fourth-order valence-electron chi connectivity index (χ4n) is 3.45. The van der Waals surface area contributed by atoms with Crippen LogP contribution in [0.15, 0.2) is 24.3 Å². The zero-order valence-corrected chi connectivity index (χ0v) is 14.3. The Morgan fingerprint density at radius 1 is 1.17 bits per heavy atom. The number of piperidine rings is 1. The number of carbonyl (C=O) groups is 1. The molecule has 2 heterocycles. The SMILES string of the molecule is CC1NCCCC1C(=O)N1CCN(c2ccc(F)cc2)CC1.Cl. The van der Waals surface area contributed by atoms with E-state index < -0.39 is 0 Å². The molecule has 0 spiro atoms. The highest BCUT2D eigenvalue weighted by Gasteiger charge is 2.32. The second kappa shape index (κ2) is 7.97. The van der Waals surface area contributed by atoms with Crippen molar-refractivity contribution < 1.29 is 9.18 Å². The Labute approximate surface area is 143 Å². The summed E-state index contributed by atoms with van der Waals surface area (Å²) in [6.45, 7) is 6.25. The molecule has 1 aromatic rings. The van der Waals surface area contributed by atoms with Crippen molar-refractivity contribution in [3.8, 4) is 0 Å². The lowest BCUT2D eigenvalue weighted by Crippen LogP contribution is -2.54. The molecule has 0 aliphatic carbocycles. The van der Waals surface area contributed by atoms with E-state index in [2.05, 4.69) is 17.1 Å². The van der Waals surface area contributed by atoms with Gasteiger partial charge in [-0.05, 0) is 50.6 Å². The highest BCUT2D eigenvalue weighted by molar-refractivity contribution is 5.85. The van der Waals surface area contributed by atoms with Gasteiger partial charge in [0.1, 0.15) is 5.82 Å². The van der Waals surface area contributed by atoms with Gasteiger partial charge in [0.2, 0.25) is 5.91 Å². The first-order valence-electron chi connectivity index (χ1n) is 8.18. The van der Waals surface area contributed by atoms with Crippen LogP contribution in [0.25, 0.3) is 0 Å². The Hall–Kier alpha value is -1.33. The maximum atomic E-state index is 13.0. The molecule has 1 aromatic carbocycles. The van der Waals surface area contributed by atoms with Crippen molar-refractivity contribution in [3.63, 3.8) is 0 Å². The van der Waals surface area contributed by atoms with Crippen LogP contribution in [0.2, 0.25) is 0 Å². The normalized spacial score (nSPS) is 25.0. The third kappa shape index (κ3) is 4.15. The molecule has 2 fully saturated rings. The largest absolute Gasteiger partial charge is 0.368 e. The zero-order valence-electron chi connectivity index (χ0n) is 13.5. The molecular formula is C17H25ClFN3O. The summed E-state index contributed by atoms with van der Waals surface area (Å²) < 4.78 is 13.0. The average molecular weight is 342 g/mol. The second-order valence-corrected chi connectivity index (χ2v) is 6.28. The number of rotatable bonds is 2. The average Bonchev–Trinajstić information content (AvgIpc) is 2.56. The van der Waals surface area contributed by atoms with E-state index in [-0.39, 0.29) is 30.2 Å². The molecule has 2 atom stereocenters. The number of hydrogen-bond acceptors (Lipinski definition) is 3. The van der Waals surface area contributed by atoms with Crippen LogP contribution in [-0.2, 0) is 4.79 Å². The van der Waals surface area contributed by atoms with Gasteiger partial charge in [0, 0.05) is 37.9 Å². The van der Waals surface area contributed by atoms with Gasteiger partial charge in [-0.3, -0.25) is 4.79 Å². The van der Waals surface area contributed by atoms with Crippen molar-refractivity contribution in [2.24, 2.45) is 5.92 Å². The van der Waals surface area contributed by atoms with E-state index in [4.69, 9.17) is 0 Å². The summed E-state index contributed by atoms with van der Waals surface area (Å²) in [5.41, 5.74) is 1.03. The topological polar surface area (TPSA) is 35.6 Å². The Kier molecular flexibility index (Phi) is 6.25. The van der Waals surface area contributed by atoms with Gasteiger partial charge < -0.3 is 15.1 Å². The van der Waals surface area contributed by atoms with Crippen LogP contribution in [-0.4, -0.2) is 49.6 Å². The molecule has 23 heavy (non-hydrogen) atoms. The van der Waals surface area contributed by atoms with Crippen molar-refractivity contribution in [2.45, 2.75) is 25.8 Å². The predicted molar refractivity (Wildman–Crippen MR) is 92.6 cm³/mol. The van der Waals surface area contributed by atoms with Crippen LogP contribution >= 0.6 is 12.4 Å². The van der Waals surface area contributed by atoms with Crippen LogP contribution < -0.4 is 10.2 Å². The van der Waals surface area contributed by atoms with E-state index in [9.17, 15) is 9.18 Å². The summed E-state index contributed by atoms with van der Waals surface area (Å²) in [5.74, 6) is 0.195. The van der Waals surface area contributed by atoms with E-state index in [1.165, 1.54) is 12.1 Å². The number of anilines is 1. The zero-order chi connectivity index (χ0) is 15.5. The quantitative estimate of drug-likeness (QED) is 0.896. The molecule has 6 heteroatoms. The standard InChI is InChI=1S/C17H24FN3O.ClH/c1-13-16(3-2-8-19-13)17(22)21-11-9-20(10-12-21)15-6-4-14(18)5-7-15;/h4-7,13,16,19H,2-3,8-12H2,1H3;1H. The van der Waals surface area contributed by atoms with Gasteiger partial charge in [-0.15, -0.1) is 12.4 Å². The predicted octanol–water partition coefficient (Wildman–Crippen LogP) is 2.28. The molecule has 3 rings (SSSR count). The van der Waals surface area contributed by atoms with E-state index in [0.717, 1.165) is 51.3 Å². The minimum atomic E-state index is -0.212. The number of piperazine rings is 1. The first-order valence-corrected chi connectivity index (χ1v) is 8.18. The first-order chi connectivity index (χ1) is 10.6. The number of nitrogens with zero attached hydrogens (tertiary/aromatic N) is 2. The fraction of sp³-hybridized carbons (Fsp3) is 0.588. The number of halogens is 2. The number of amides is 1. The Morgan fingerprint density at radius 3 is 2.43 bits per heavy atom. The van der Waals surface area contributed by atoms with Gasteiger partial charge in [-0.1, -0.05) is 0 Å². The minimum Gasteiger partial charge on any atom is -0.368 e. The van der Waals surface area contributed by atoms with Crippen molar-refractivity contribution in [1.29, 1.82) is 0 Å². The number of nitrogens with one attached hydrogen (secondary N) is 1. The van der Waals surface area contributed by atoms with E-state index in [0.29, 0.717) is 5.91 Å². The minimum absolute atomic E-state index is 0. The lowest BCUT2D eigenvalue weighted by molar-refractivity contribution is -0.137. The summed E-state index contributed by atoms with van der Waals surface area (Å²) in [4.78, 5) is 16.9. The van der Waals surface area contributed by atoms with E-state index in [1.807, 2.05) is 4.90 Å². The molecular weight excluding hydrogens is 317 g/mol. The van der Waals surface area contributed by atoms with Crippen molar-refractivity contribution >= 4 is 24.0 Å². The highest BCUT2D eigenvalue weighted by atomic mass is 35.5. The second-order valence-electron chi connectivity index (χ2n) is 6.28. The maximum absolute atomic E-state index is 13.0. The van der Waals surface area contributed by atoms with Gasteiger partial charge in [0.25, 0.3) is 0 Å². The van der Waals surface area contributed by atoms with Gasteiger partial charge >= 0.3 is 0 Å². The van der Waals surface area contributed by atoms with Crippen LogP contribution in [0.5, 0.6) is 0 Å². The molecule has 1 amide bonds. The molecule has 2 saturated heterocycles. The van der Waals surface area contributed by atoms with Crippen LogP contribution in [0.3, 0.4) is 0 Å². The lowest BCUT2D eigenvalue weighted by atomic mass is 9.90. The Bertz CT molecular complexity index is 517. The van der Waals surface area contributed by atoms with Gasteiger partial charge in [0.05, 0.1) is 5.92 Å². The molecule has 0 radical (unpaired) electrons. The van der Waals surface area contributed by atoms with E-state index in [1.54, 1.807) is 12.1 Å². The monoisotopic (exact) mass is 341 g/mol. The summed E-state index contributed by atoms with van der Waals surface area (Å²) in [6.07, 6.45) is 2.07. The van der Waals surface area contributed by atoms with E-state index >= 15 is 0 Å². The molecule has 128 valence electrons. The fourth-order valence-corrected chi connectivity index (χ4v) is 3.45. The molecule has 2 aliphatic rings. The summed E-state index contributed by atoms with van der Waals surface area (Å²) >= 11 is 0.